The lowest BCUT2D eigenvalue weighted by atomic mass is 10.00. The number of rotatable bonds is 8. The van der Waals surface area contributed by atoms with Gasteiger partial charge in [-0.3, -0.25) is 24.3 Å². The van der Waals surface area contributed by atoms with E-state index in [9.17, 15) is 28.3 Å². The van der Waals surface area contributed by atoms with Crippen LogP contribution in [0.4, 0.5) is 20.2 Å². The highest BCUT2D eigenvalue weighted by Crippen LogP contribution is 2.37. The number of fused-ring (bicyclic) bond motifs is 2. The summed E-state index contributed by atoms with van der Waals surface area (Å²) in [6.07, 6.45) is 1.93. The van der Waals surface area contributed by atoms with Crippen LogP contribution >= 0.6 is 11.6 Å². The number of benzene rings is 2. The van der Waals surface area contributed by atoms with Crippen molar-refractivity contribution in [2.45, 2.75) is 31.4 Å². The van der Waals surface area contributed by atoms with Crippen LogP contribution in [-0.4, -0.2) is 82.9 Å². The van der Waals surface area contributed by atoms with E-state index in [2.05, 4.69) is 20.2 Å². The average Bonchev–Trinajstić information content (AvgIpc) is 3.50. The molecule has 2 aromatic carbocycles. The molecule has 1 atom stereocenters. The number of aromatic nitrogens is 1. The SMILES string of the molecule is CN1CCC(N2C(=O)c3cc4c(cc3C2=O)N=C(c2c(NCC(O)COc3c(F)ccc(Cl)c3F)cc[nH]c2=O)C4)CC1. The number of carbonyl (C=O) groups excluding carboxylic acids is 2. The molecule has 13 heteroatoms. The number of amides is 2. The molecule has 0 aliphatic carbocycles. The van der Waals surface area contributed by atoms with Gasteiger partial charge in [-0.15, -0.1) is 0 Å². The number of piperidine rings is 1. The predicted octanol–water partition coefficient (Wildman–Crippen LogP) is 3.53. The molecule has 10 nitrogen and oxygen atoms in total. The van der Waals surface area contributed by atoms with Gasteiger partial charge in [-0.1, -0.05) is 11.6 Å². The van der Waals surface area contributed by atoms with Gasteiger partial charge < -0.3 is 25.0 Å². The Labute approximate surface area is 249 Å². The molecule has 3 aliphatic rings. The fourth-order valence-corrected chi connectivity index (χ4v) is 5.85. The van der Waals surface area contributed by atoms with Gasteiger partial charge in [-0.25, -0.2) is 8.78 Å². The summed E-state index contributed by atoms with van der Waals surface area (Å²) in [6.45, 7) is 1.05. The molecule has 0 radical (unpaired) electrons. The van der Waals surface area contributed by atoms with Gasteiger partial charge in [0.2, 0.25) is 0 Å². The number of imide groups is 1. The number of likely N-dealkylation sites (tertiary alicyclic amines) is 1. The molecule has 6 rings (SSSR count). The first-order valence-corrected chi connectivity index (χ1v) is 14.2. The maximum absolute atomic E-state index is 14.1. The van der Waals surface area contributed by atoms with E-state index in [4.69, 9.17) is 16.3 Å². The Hall–Kier alpha value is -4.13. The average molecular weight is 612 g/mol. The number of aliphatic hydroxyl groups is 1. The van der Waals surface area contributed by atoms with Gasteiger partial charge in [-0.05, 0) is 68.9 Å². The number of aliphatic imine (C=N–C) groups is 1. The lowest BCUT2D eigenvalue weighted by molar-refractivity contribution is 0.0516. The van der Waals surface area contributed by atoms with Crippen LogP contribution in [0.5, 0.6) is 5.75 Å². The van der Waals surface area contributed by atoms with Crippen LogP contribution in [0.3, 0.4) is 0 Å². The maximum atomic E-state index is 14.1. The summed E-state index contributed by atoms with van der Waals surface area (Å²) < 4.78 is 33.2. The van der Waals surface area contributed by atoms with Crippen molar-refractivity contribution in [3.8, 4) is 5.75 Å². The zero-order valence-corrected chi connectivity index (χ0v) is 23.9. The minimum Gasteiger partial charge on any atom is -0.485 e. The van der Waals surface area contributed by atoms with Gasteiger partial charge in [0.25, 0.3) is 17.4 Å². The summed E-state index contributed by atoms with van der Waals surface area (Å²) in [5.41, 5.74) is 2.45. The van der Waals surface area contributed by atoms with E-state index < -0.39 is 35.7 Å². The minimum atomic E-state index is -1.21. The van der Waals surface area contributed by atoms with Crippen LogP contribution in [0.2, 0.25) is 5.02 Å². The smallest absolute Gasteiger partial charge is 0.261 e. The first-order valence-electron chi connectivity index (χ1n) is 13.8. The summed E-state index contributed by atoms with van der Waals surface area (Å²) in [4.78, 5) is 50.3. The largest absolute Gasteiger partial charge is 0.485 e. The van der Waals surface area contributed by atoms with Gasteiger partial charge in [0.1, 0.15) is 12.7 Å². The number of nitrogens with zero attached hydrogens (tertiary/aromatic N) is 3. The van der Waals surface area contributed by atoms with Gasteiger partial charge in [-0.2, -0.15) is 0 Å². The van der Waals surface area contributed by atoms with Gasteiger partial charge in [0.05, 0.1) is 38.8 Å². The summed E-state index contributed by atoms with van der Waals surface area (Å²) in [6, 6.07) is 6.78. The van der Waals surface area contributed by atoms with Crippen LogP contribution < -0.4 is 15.6 Å². The van der Waals surface area contributed by atoms with Crippen molar-refractivity contribution < 1.29 is 28.2 Å². The molecule has 3 N–H and O–H groups in total. The fraction of sp³-hybridized carbons (Fsp3) is 0.333. The predicted molar refractivity (Wildman–Crippen MR) is 156 cm³/mol. The summed E-state index contributed by atoms with van der Waals surface area (Å²) in [5, 5.41) is 13.1. The molecular weight excluding hydrogens is 584 g/mol. The molecule has 43 heavy (non-hydrogen) atoms. The third-order valence-corrected chi connectivity index (χ3v) is 8.28. The van der Waals surface area contributed by atoms with Crippen molar-refractivity contribution in [2.75, 3.05) is 38.6 Å². The lowest BCUT2D eigenvalue weighted by Crippen LogP contribution is -2.46. The Bertz CT molecular complexity index is 1720. The number of halogens is 3. The van der Waals surface area contributed by atoms with Gasteiger partial charge in [0, 0.05) is 25.2 Å². The van der Waals surface area contributed by atoms with E-state index in [0.29, 0.717) is 33.8 Å². The van der Waals surface area contributed by atoms with Crippen molar-refractivity contribution in [3.63, 3.8) is 0 Å². The number of aromatic amines is 1. The zero-order chi connectivity index (χ0) is 30.4. The van der Waals surface area contributed by atoms with Crippen molar-refractivity contribution in [1.82, 2.24) is 14.8 Å². The second-order valence-corrected chi connectivity index (χ2v) is 11.3. The van der Waals surface area contributed by atoms with E-state index >= 15 is 0 Å². The molecular formula is C30H28ClF2N5O5. The third kappa shape index (κ3) is 5.41. The van der Waals surface area contributed by atoms with Gasteiger partial charge >= 0.3 is 0 Å². The molecule has 1 fully saturated rings. The van der Waals surface area contributed by atoms with Crippen molar-refractivity contribution in [1.29, 1.82) is 0 Å². The fourth-order valence-electron chi connectivity index (χ4n) is 5.70. The van der Waals surface area contributed by atoms with E-state index in [1.165, 1.54) is 11.1 Å². The second kappa shape index (κ2) is 11.5. The molecule has 2 amide bonds. The Morgan fingerprint density at radius 3 is 2.60 bits per heavy atom. The Kier molecular flexibility index (Phi) is 7.75. The van der Waals surface area contributed by atoms with E-state index in [-0.39, 0.29) is 41.4 Å². The molecule has 0 saturated carbocycles. The van der Waals surface area contributed by atoms with Crippen molar-refractivity contribution >= 4 is 40.5 Å². The van der Waals surface area contributed by atoms with Crippen LogP contribution in [0.15, 0.2) is 46.3 Å². The van der Waals surface area contributed by atoms with Crippen LogP contribution in [0.25, 0.3) is 0 Å². The lowest BCUT2D eigenvalue weighted by Gasteiger charge is -2.33. The Balaban J connectivity index is 1.17. The second-order valence-electron chi connectivity index (χ2n) is 10.9. The number of ether oxygens (including phenoxy) is 1. The number of pyridine rings is 1. The number of H-pyrrole nitrogens is 1. The number of carbonyl (C=O) groups is 2. The van der Waals surface area contributed by atoms with Crippen molar-refractivity contribution in [2.24, 2.45) is 4.99 Å². The summed E-state index contributed by atoms with van der Waals surface area (Å²) in [7, 11) is 2.02. The highest BCUT2D eigenvalue weighted by Gasteiger charge is 2.42. The summed E-state index contributed by atoms with van der Waals surface area (Å²) in [5.74, 6) is -3.35. The molecule has 1 saturated heterocycles. The topological polar surface area (TPSA) is 127 Å². The first-order chi connectivity index (χ1) is 20.6. The minimum absolute atomic E-state index is 0.120. The molecule has 224 valence electrons. The van der Waals surface area contributed by atoms with E-state index in [1.54, 1.807) is 18.2 Å². The van der Waals surface area contributed by atoms with Crippen molar-refractivity contribution in [3.05, 3.63) is 85.8 Å². The Morgan fingerprint density at radius 2 is 1.86 bits per heavy atom. The Morgan fingerprint density at radius 1 is 1.14 bits per heavy atom. The zero-order valence-electron chi connectivity index (χ0n) is 23.1. The molecule has 0 spiro atoms. The molecule has 3 aliphatic heterocycles. The molecule has 1 aromatic heterocycles. The number of nitrogens with one attached hydrogen (secondary N) is 2. The maximum Gasteiger partial charge on any atom is 0.261 e. The standard InChI is InChI=1S/C30H28ClF2N5O5/c1-37-8-5-16(6-9-37)38-29(41)18-10-15-11-24(36-23(15)12-19(18)30(38)42)25-22(4-7-34-28(25)40)35-13-17(39)14-43-27-21(32)3-2-20(31)26(27)33/h2-4,7,10,12,16-17,39H,5-6,8-9,11,13-14H2,1H3,(H2,34,35,40). The quantitative estimate of drug-likeness (QED) is 0.263. The number of anilines is 1. The highest BCUT2D eigenvalue weighted by molar-refractivity contribution is 6.30. The van der Waals surface area contributed by atoms with Crippen LogP contribution in [0, 0.1) is 11.6 Å². The van der Waals surface area contributed by atoms with E-state index in [1.807, 2.05) is 7.05 Å². The monoisotopic (exact) mass is 611 g/mol. The normalized spacial score (nSPS) is 17.6. The molecule has 4 heterocycles. The van der Waals surface area contributed by atoms with Crippen LogP contribution in [0.1, 0.15) is 44.7 Å². The first kappa shape index (κ1) is 29.0. The number of aliphatic hydroxyl groups excluding tert-OH is 1. The molecule has 1 unspecified atom stereocenters. The van der Waals surface area contributed by atoms with Gasteiger partial charge in [0.15, 0.2) is 17.4 Å². The summed E-state index contributed by atoms with van der Waals surface area (Å²) >= 11 is 5.68. The number of hydrogen-bond acceptors (Lipinski definition) is 8. The molecule has 0 bridgehead atoms. The number of hydrogen-bond donors (Lipinski definition) is 3. The molecule has 3 aromatic rings. The van der Waals surface area contributed by atoms with E-state index in [0.717, 1.165) is 38.1 Å². The highest BCUT2D eigenvalue weighted by atomic mass is 35.5. The van der Waals surface area contributed by atoms with Crippen LogP contribution in [-0.2, 0) is 6.42 Å². The third-order valence-electron chi connectivity index (χ3n) is 7.98.